The molecule has 1 aliphatic rings. The predicted molar refractivity (Wildman–Crippen MR) is 109 cm³/mol. The van der Waals surface area contributed by atoms with Gasteiger partial charge in [0.25, 0.3) is 0 Å². The van der Waals surface area contributed by atoms with Gasteiger partial charge in [-0.3, -0.25) is 0 Å². The smallest absolute Gasteiger partial charge is 0.335 e. The van der Waals surface area contributed by atoms with Crippen molar-refractivity contribution in [3.63, 3.8) is 0 Å². The van der Waals surface area contributed by atoms with Crippen LogP contribution >= 0.6 is 0 Å². The monoisotopic (exact) mass is 427 g/mol. The van der Waals surface area contributed by atoms with E-state index >= 15 is 0 Å². The molecular formula is C21H33NO8. The molecule has 9 heteroatoms. The highest BCUT2D eigenvalue weighted by Gasteiger charge is 2.48. The van der Waals surface area contributed by atoms with Crippen molar-refractivity contribution in [1.82, 2.24) is 0 Å². The van der Waals surface area contributed by atoms with Crippen molar-refractivity contribution in [1.29, 1.82) is 0 Å². The summed E-state index contributed by atoms with van der Waals surface area (Å²) in [5.74, 6) is -1.18. The van der Waals surface area contributed by atoms with Crippen molar-refractivity contribution in [2.45, 2.75) is 90.0 Å². The molecule has 0 aliphatic carbocycles. The number of anilines is 1. The summed E-state index contributed by atoms with van der Waals surface area (Å²) in [7, 11) is 0. The van der Waals surface area contributed by atoms with E-state index in [-0.39, 0.29) is 11.1 Å². The van der Waals surface area contributed by atoms with E-state index in [9.17, 15) is 25.2 Å². The van der Waals surface area contributed by atoms with Crippen LogP contribution in [-0.2, 0) is 20.9 Å². The van der Waals surface area contributed by atoms with Gasteiger partial charge in [-0.05, 0) is 59.2 Å². The van der Waals surface area contributed by atoms with Gasteiger partial charge >= 0.3 is 5.97 Å². The number of aliphatic carboxylic acids is 1. The number of carboxylic acids is 1. The molecule has 0 radical (unpaired) electrons. The minimum atomic E-state index is -1.78. The first-order chi connectivity index (χ1) is 13.7. The number of carbonyl (C=O) groups is 1. The molecule has 30 heavy (non-hydrogen) atoms. The van der Waals surface area contributed by atoms with Gasteiger partial charge in [0.05, 0.1) is 17.9 Å². The van der Waals surface area contributed by atoms with Crippen molar-refractivity contribution < 1.29 is 39.4 Å². The van der Waals surface area contributed by atoms with Gasteiger partial charge in [-0.15, -0.1) is 0 Å². The molecule has 1 fully saturated rings. The van der Waals surface area contributed by atoms with Gasteiger partial charge in [-0.1, -0.05) is 6.07 Å². The van der Waals surface area contributed by atoms with E-state index in [4.69, 9.17) is 14.2 Å². The van der Waals surface area contributed by atoms with Gasteiger partial charge in [0, 0.05) is 5.54 Å². The zero-order chi connectivity index (χ0) is 22.9. The highest BCUT2D eigenvalue weighted by atomic mass is 16.7. The van der Waals surface area contributed by atoms with Crippen LogP contribution in [0, 0.1) is 0 Å². The van der Waals surface area contributed by atoms with Crippen LogP contribution in [-0.4, -0.2) is 68.2 Å². The number of hydrogen-bond acceptors (Lipinski definition) is 8. The van der Waals surface area contributed by atoms with E-state index in [2.05, 4.69) is 5.32 Å². The summed E-state index contributed by atoms with van der Waals surface area (Å²) in [5.41, 5.74) is 0.830. The first-order valence-corrected chi connectivity index (χ1v) is 9.82. The van der Waals surface area contributed by atoms with Crippen LogP contribution in [0.4, 0.5) is 5.69 Å². The molecule has 0 saturated carbocycles. The Morgan fingerprint density at radius 2 is 1.70 bits per heavy atom. The lowest BCUT2D eigenvalue weighted by Crippen LogP contribution is -2.61. The SMILES string of the molecule is CC(C)(C)Nc1cc(COC(C)(C)C)ccc1O[C@H]1O[C@H](C(=O)O)[C@@H](O)[C@H](O)[C@H]1O. The maximum absolute atomic E-state index is 11.3. The van der Waals surface area contributed by atoms with E-state index in [0.29, 0.717) is 18.0 Å². The number of aliphatic hydroxyl groups is 3. The number of hydrogen-bond donors (Lipinski definition) is 5. The van der Waals surface area contributed by atoms with Crippen LogP contribution in [0.25, 0.3) is 0 Å². The Kier molecular flexibility index (Phi) is 7.36. The van der Waals surface area contributed by atoms with Crippen LogP contribution in [0.2, 0.25) is 0 Å². The average molecular weight is 427 g/mol. The minimum Gasteiger partial charge on any atom is -0.479 e. The van der Waals surface area contributed by atoms with Crippen molar-refractivity contribution in [3.05, 3.63) is 23.8 Å². The highest BCUT2D eigenvalue weighted by Crippen LogP contribution is 2.32. The van der Waals surface area contributed by atoms with E-state index in [1.165, 1.54) is 0 Å². The molecule has 0 bridgehead atoms. The van der Waals surface area contributed by atoms with Gasteiger partial charge in [0.15, 0.2) is 6.10 Å². The number of ether oxygens (including phenoxy) is 3. The Balaban J connectivity index is 2.29. The molecule has 2 rings (SSSR count). The molecule has 9 nitrogen and oxygen atoms in total. The third-order valence-corrected chi connectivity index (χ3v) is 4.28. The maximum atomic E-state index is 11.3. The van der Waals surface area contributed by atoms with E-state index in [1.54, 1.807) is 12.1 Å². The van der Waals surface area contributed by atoms with Crippen molar-refractivity contribution in [2.75, 3.05) is 5.32 Å². The maximum Gasteiger partial charge on any atom is 0.335 e. The quantitative estimate of drug-likeness (QED) is 0.457. The molecule has 5 atom stereocenters. The topological polar surface area (TPSA) is 138 Å². The summed E-state index contributed by atoms with van der Waals surface area (Å²) in [6.45, 7) is 12.1. The molecule has 5 N–H and O–H groups in total. The number of nitrogens with one attached hydrogen (secondary N) is 1. The van der Waals surface area contributed by atoms with E-state index in [0.717, 1.165) is 5.56 Å². The summed E-state index contributed by atoms with van der Waals surface area (Å²) in [6.07, 6.45) is -8.36. The molecular weight excluding hydrogens is 394 g/mol. The summed E-state index contributed by atoms with van der Waals surface area (Å²) in [4.78, 5) is 11.3. The second-order valence-electron chi connectivity index (χ2n) is 9.46. The normalized spacial score (nSPS) is 27.6. The summed E-state index contributed by atoms with van der Waals surface area (Å²) < 4.78 is 16.8. The van der Waals surface area contributed by atoms with Gasteiger partial charge in [0.2, 0.25) is 6.29 Å². The molecule has 0 aromatic heterocycles. The summed E-state index contributed by atoms with van der Waals surface area (Å²) in [5, 5.41) is 42.6. The summed E-state index contributed by atoms with van der Waals surface area (Å²) >= 11 is 0. The van der Waals surface area contributed by atoms with Crippen LogP contribution in [0.15, 0.2) is 18.2 Å². The van der Waals surface area contributed by atoms with Crippen molar-refractivity contribution >= 4 is 11.7 Å². The molecule has 1 heterocycles. The molecule has 0 unspecified atom stereocenters. The Labute approximate surface area is 176 Å². The van der Waals surface area contributed by atoms with Gasteiger partial charge < -0.3 is 40.0 Å². The number of carboxylic acid groups (broad SMARTS) is 1. The molecule has 1 aliphatic heterocycles. The fraction of sp³-hybridized carbons (Fsp3) is 0.667. The van der Waals surface area contributed by atoms with Crippen LogP contribution in [0.5, 0.6) is 5.75 Å². The molecule has 1 aromatic carbocycles. The van der Waals surface area contributed by atoms with Crippen LogP contribution in [0.1, 0.15) is 47.1 Å². The molecule has 1 aromatic rings. The van der Waals surface area contributed by atoms with Gasteiger partial charge in [-0.25, -0.2) is 4.79 Å². The van der Waals surface area contributed by atoms with Crippen LogP contribution < -0.4 is 10.1 Å². The fourth-order valence-electron chi connectivity index (χ4n) is 2.85. The predicted octanol–water partition coefficient (Wildman–Crippen LogP) is 1.48. The Morgan fingerprint density at radius 1 is 1.07 bits per heavy atom. The number of benzene rings is 1. The van der Waals surface area contributed by atoms with E-state index < -0.39 is 36.7 Å². The lowest BCUT2D eigenvalue weighted by atomic mass is 9.99. The van der Waals surface area contributed by atoms with Crippen molar-refractivity contribution in [2.24, 2.45) is 0 Å². The third kappa shape index (κ3) is 6.55. The highest BCUT2D eigenvalue weighted by molar-refractivity contribution is 5.73. The first-order valence-electron chi connectivity index (χ1n) is 9.82. The molecule has 0 amide bonds. The first kappa shape index (κ1) is 24.4. The molecule has 1 saturated heterocycles. The lowest BCUT2D eigenvalue weighted by molar-refractivity contribution is -0.271. The molecule has 0 spiro atoms. The second kappa shape index (κ2) is 9.07. The van der Waals surface area contributed by atoms with Crippen molar-refractivity contribution in [3.8, 4) is 5.75 Å². The van der Waals surface area contributed by atoms with Gasteiger partial charge in [0.1, 0.15) is 24.1 Å². The Morgan fingerprint density at radius 3 is 2.23 bits per heavy atom. The average Bonchev–Trinajstić information content (AvgIpc) is 2.59. The minimum absolute atomic E-state index is 0.293. The number of aliphatic hydroxyl groups excluding tert-OH is 3. The Bertz CT molecular complexity index is 740. The largest absolute Gasteiger partial charge is 0.479 e. The lowest BCUT2D eigenvalue weighted by Gasteiger charge is -2.38. The standard InChI is InChI=1S/C21H33NO8/c1-20(2,3)22-12-9-11(10-28-21(4,5)6)7-8-13(12)29-19-16(25)14(23)15(24)17(30-19)18(26)27/h7-9,14-17,19,22-25H,10H2,1-6H3,(H,26,27)/t14-,15-,16+,17-,19-/m0/s1. The van der Waals surface area contributed by atoms with E-state index in [1.807, 2.05) is 47.6 Å². The third-order valence-electron chi connectivity index (χ3n) is 4.28. The number of rotatable bonds is 6. The zero-order valence-electron chi connectivity index (χ0n) is 18.2. The molecule has 170 valence electrons. The zero-order valence-corrected chi connectivity index (χ0v) is 18.2. The fourth-order valence-corrected chi connectivity index (χ4v) is 2.85. The summed E-state index contributed by atoms with van der Waals surface area (Å²) in [6, 6.07) is 5.27. The van der Waals surface area contributed by atoms with Gasteiger partial charge in [-0.2, -0.15) is 0 Å². The van der Waals surface area contributed by atoms with Crippen LogP contribution in [0.3, 0.4) is 0 Å². The second-order valence-corrected chi connectivity index (χ2v) is 9.46. The Hall–Kier alpha value is -1.91.